The summed E-state index contributed by atoms with van der Waals surface area (Å²) in [5.41, 5.74) is 14.6. The SMILES string of the molecule is COC1=C(C)C(=O)C2=C(C1=O)C(CNC(=O)C(C)N)N1C(C2)[C@H]2c3c(cc(C)c(OC)c3O)C[C@@H]([C@@H]1C#N)N2C.COC1=C(C)C(=O)C2=C(C1=O)C(CNC(=O)C(C)N=CSNc1ccccc1)N1C(C2)[C@H]2c3c(cc(C)c(OC)c3O)C[C@@H]([C@@H]1C#N)N2C. The second-order valence-corrected chi connectivity index (χ2v) is 24.5. The Kier molecular flexibility index (Phi) is 18.1. The molecule has 8 aliphatic rings. The summed E-state index contributed by atoms with van der Waals surface area (Å²) < 4.78 is 25.1. The summed E-state index contributed by atoms with van der Waals surface area (Å²) >= 11 is 1.23. The molecule has 0 saturated carbocycles. The van der Waals surface area contributed by atoms with Crippen molar-refractivity contribution >= 4 is 58.1 Å². The van der Waals surface area contributed by atoms with Gasteiger partial charge in [-0.1, -0.05) is 30.3 Å². The Morgan fingerprint density at radius 2 is 1.10 bits per heavy atom. The lowest BCUT2D eigenvalue weighted by Gasteiger charge is -2.60. The highest BCUT2D eigenvalue weighted by atomic mass is 32.2. The van der Waals surface area contributed by atoms with Gasteiger partial charge in [-0.2, -0.15) is 10.5 Å². The van der Waals surface area contributed by atoms with E-state index in [0.717, 1.165) is 27.9 Å². The molecule has 6 unspecified atom stereocenters. The molecule has 2 amide bonds. The van der Waals surface area contributed by atoms with Gasteiger partial charge >= 0.3 is 0 Å². The molecule has 6 aliphatic heterocycles. The number of allylic oxidation sites excluding steroid dienone is 4. The predicted molar refractivity (Wildman–Crippen MR) is 330 cm³/mol. The van der Waals surface area contributed by atoms with Crippen LogP contribution in [0.4, 0.5) is 5.69 Å². The number of aliphatic imine (C=N–C) groups is 1. The summed E-state index contributed by atoms with van der Waals surface area (Å²) in [4.78, 5) is 93.9. The highest BCUT2D eigenvalue weighted by Crippen LogP contribution is 2.56. The number of phenolic OH excluding ortho intramolecular Hbond substituents is 2. The van der Waals surface area contributed by atoms with E-state index in [1.165, 1.54) is 40.4 Å². The molecule has 11 rings (SSSR count). The number of methoxy groups -OCH3 is 4. The number of nitrogens with zero attached hydrogens (tertiary/aromatic N) is 7. The summed E-state index contributed by atoms with van der Waals surface area (Å²) in [5.74, 6) is -1.49. The Hall–Kier alpha value is -8.36. The summed E-state index contributed by atoms with van der Waals surface area (Å²) in [6.07, 6.45) is 1.31. The number of anilines is 1. The second kappa shape index (κ2) is 25.3. The molecule has 2 fully saturated rings. The number of para-hydroxylation sites is 1. The lowest BCUT2D eigenvalue weighted by molar-refractivity contribution is -0.125. The van der Waals surface area contributed by atoms with Crippen molar-refractivity contribution in [3.8, 4) is 35.1 Å². The van der Waals surface area contributed by atoms with Crippen LogP contribution in [0.3, 0.4) is 0 Å². The van der Waals surface area contributed by atoms with Crippen molar-refractivity contribution in [3.05, 3.63) is 121 Å². The number of hydrogen-bond donors (Lipinski definition) is 6. The van der Waals surface area contributed by atoms with Gasteiger partial charge in [0.25, 0.3) is 0 Å². The molecule has 24 heteroatoms. The van der Waals surface area contributed by atoms with E-state index < -0.39 is 77.9 Å². The number of hydrogen-bond acceptors (Lipinski definition) is 22. The molecule has 3 aromatic rings. The molecule has 3 aromatic carbocycles. The molecule has 468 valence electrons. The van der Waals surface area contributed by atoms with E-state index in [1.807, 2.05) is 80.2 Å². The van der Waals surface area contributed by atoms with Gasteiger partial charge in [-0.3, -0.25) is 53.4 Å². The van der Waals surface area contributed by atoms with Gasteiger partial charge in [-0.15, -0.1) is 0 Å². The van der Waals surface area contributed by atoms with Gasteiger partial charge in [0.1, 0.15) is 18.1 Å². The summed E-state index contributed by atoms with van der Waals surface area (Å²) in [6, 6.07) is 11.6. The zero-order valence-electron chi connectivity index (χ0n) is 51.9. The normalized spacial score (nSPS) is 27.1. The van der Waals surface area contributed by atoms with Crippen LogP contribution in [0.25, 0.3) is 0 Å². The number of nitrogens with two attached hydrogens (primary N) is 1. The smallest absolute Gasteiger partial charge is 0.244 e. The summed E-state index contributed by atoms with van der Waals surface area (Å²) in [7, 11) is 9.57. The monoisotopic (exact) mass is 1230 g/mol. The van der Waals surface area contributed by atoms with Crippen molar-refractivity contribution in [3.63, 3.8) is 0 Å². The number of ketones is 4. The number of nitrogens with one attached hydrogen (secondary N) is 3. The van der Waals surface area contributed by atoms with Crippen molar-refractivity contribution in [2.45, 2.75) is 140 Å². The molecule has 89 heavy (non-hydrogen) atoms. The van der Waals surface area contributed by atoms with Crippen LogP contribution in [0.5, 0.6) is 23.0 Å². The van der Waals surface area contributed by atoms with Crippen molar-refractivity contribution < 1.29 is 57.9 Å². The number of ether oxygens (including phenoxy) is 4. The minimum atomic E-state index is -0.822. The number of carbonyl (C=O) groups is 6. The van der Waals surface area contributed by atoms with Crippen LogP contribution >= 0.6 is 11.9 Å². The lowest BCUT2D eigenvalue weighted by Crippen LogP contribution is -2.71. The topological polar surface area (TPSA) is 315 Å². The van der Waals surface area contributed by atoms with E-state index in [2.05, 4.69) is 42.3 Å². The van der Waals surface area contributed by atoms with Gasteiger partial charge in [-0.05, 0) is 128 Å². The first-order chi connectivity index (χ1) is 42.5. The maximum atomic E-state index is 14.1. The first-order valence-electron chi connectivity index (χ1n) is 29.5. The van der Waals surface area contributed by atoms with Crippen LogP contribution in [-0.2, 0) is 51.1 Å². The number of nitriles is 2. The molecule has 2 saturated heterocycles. The molecule has 0 spiro atoms. The highest BCUT2D eigenvalue weighted by Gasteiger charge is 2.60. The lowest BCUT2D eigenvalue weighted by atomic mass is 9.69. The van der Waals surface area contributed by atoms with E-state index in [1.54, 1.807) is 33.2 Å². The minimum Gasteiger partial charge on any atom is -0.504 e. The van der Waals surface area contributed by atoms with Crippen LogP contribution < -0.4 is 30.6 Å². The van der Waals surface area contributed by atoms with E-state index in [-0.39, 0.29) is 101 Å². The standard InChI is InChI=1S/C36H40N6O6S.C29H35N5O6/c1-18-12-21-13-24-26(15-37)42-25(30(41(24)4)28(21)32(44)34(18)47-5)14-23-29(33(45)35(48-6)19(2)31(23)43)27(42)16-38-36(46)20(3)39-17-49-40-22-10-8-7-9-11-22;1-12-7-15-8-17-19(10-30)34-18(23(33(17)4)21(15)25(36)27(12)39-5)9-16-22(20(34)11-32-29(38)14(3)31)26(37)28(40-6)13(2)24(16)35/h7-12,17,20,24-27,30,40,44H,13-14,16H2,1-6H3,(H,38,46);7,14,17-20,23,36H,8-9,11,31H2,1-6H3,(H,32,38)/t20?,24-,25?,26-,27?,30-;14?,17-,18?,19-,20?,23-/m00/s1. The number of piperazine rings is 2. The number of phenols is 2. The van der Waals surface area contributed by atoms with E-state index in [0.29, 0.717) is 46.6 Å². The Bertz CT molecular complexity index is 3730. The second-order valence-electron chi connectivity index (χ2n) is 23.9. The zero-order chi connectivity index (χ0) is 64.3. The third-order valence-corrected chi connectivity index (χ3v) is 19.7. The van der Waals surface area contributed by atoms with E-state index in [4.69, 9.17) is 24.7 Å². The summed E-state index contributed by atoms with van der Waals surface area (Å²) in [5, 5.41) is 50.1. The maximum Gasteiger partial charge on any atom is 0.244 e. The molecule has 23 nitrogen and oxygen atoms in total. The van der Waals surface area contributed by atoms with Gasteiger partial charge in [0, 0.05) is 87.5 Å². The number of fused-ring (bicyclic) bond motifs is 12. The summed E-state index contributed by atoms with van der Waals surface area (Å²) in [6.45, 7) is 10.0. The molecule has 2 aliphatic carbocycles. The van der Waals surface area contributed by atoms with Crippen molar-refractivity contribution in [1.82, 2.24) is 30.2 Å². The van der Waals surface area contributed by atoms with Crippen LogP contribution in [0.2, 0.25) is 0 Å². The van der Waals surface area contributed by atoms with Crippen molar-refractivity contribution in [1.29, 1.82) is 10.5 Å². The average Bonchev–Trinajstić information content (AvgIpc) is 0.855. The first kappa shape index (κ1) is 63.7. The fraction of sp³-hybridized carbons (Fsp3) is 0.462. The molecule has 0 radical (unpaired) electrons. The van der Waals surface area contributed by atoms with Gasteiger partial charge in [-0.25, -0.2) is 0 Å². The third kappa shape index (κ3) is 10.6. The third-order valence-electron chi connectivity index (χ3n) is 19.1. The quantitative estimate of drug-likeness (QED) is 0.0564. The Morgan fingerprint density at radius 1 is 0.674 bits per heavy atom. The Labute approximate surface area is 521 Å². The Balaban J connectivity index is 0.000000200. The van der Waals surface area contributed by atoms with Crippen LogP contribution in [-0.4, -0.2) is 186 Å². The van der Waals surface area contributed by atoms with E-state index in [9.17, 15) is 49.5 Å². The minimum absolute atomic E-state index is 0.0256. The number of Topliss-reactive ketones (excluding diaryl/α,β-unsaturated/α-hetero) is 4. The number of amides is 2. The van der Waals surface area contributed by atoms with Gasteiger partial charge < -0.3 is 50.2 Å². The zero-order valence-corrected chi connectivity index (χ0v) is 52.7. The largest absolute Gasteiger partial charge is 0.504 e. The first-order valence-corrected chi connectivity index (χ1v) is 30.4. The fourth-order valence-electron chi connectivity index (χ4n) is 15.1. The van der Waals surface area contributed by atoms with E-state index >= 15 is 0 Å². The molecule has 7 N–H and O–H groups in total. The van der Waals surface area contributed by atoms with Crippen molar-refractivity contribution in [2.24, 2.45) is 10.7 Å². The number of aromatic hydroxyl groups is 2. The maximum absolute atomic E-state index is 14.1. The van der Waals surface area contributed by atoms with Crippen molar-refractivity contribution in [2.75, 3.05) is 60.3 Å². The van der Waals surface area contributed by atoms with Gasteiger partial charge in [0.05, 0.1) is 76.3 Å². The van der Waals surface area contributed by atoms with Gasteiger partial charge in [0.15, 0.2) is 46.1 Å². The molecule has 0 aromatic heterocycles. The van der Waals surface area contributed by atoms with Crippen LogP contribution in [0.15, 0.2) is 92.4 Å². The fourth-order valence-corrected chi connectivity index (χ4v) is 15.7. The number of likely N-dealkylation sites (N-methyl/N-ethyl adjacent to an activating group) is 2. The molecular weight excluding hydrogens is 1160 g/mol. The number of aryl methyl sites for hydroxylation is 2. The highest BCUT2D eigenvalue weighted by molar-refractivity contribution is 8.13. The van der Waals surface area contributed by atoms with Gasteiger partial charge in [0.2, 0.25) is 23.4 Å². The Morgan fingerprint density at radius 3 is 1.49 bits per heavy atom. The number of rotatable bonds is 14. The molecule has 12 atom stereocenters. The van der Waals surface area contributed by atoms with Crippen LogP contribution in [0.1, 0.15) is 86.0 Å². The van der Waals surface area contributed by atoms with Crippen LogP contribution in [0, 0.1) is 36.5 Å². The number of carbonyl (C=O) groups excluding carboxylic acids is 6. The number of benzene rings is 3. The predicted octanol–water partition coefficient (Wildman–Crippen LogP) is 4.41. The average molecular weight is 1230 g/mol. The molecule has 4 bridgehead atoms. The molecular formula is C65H75N11O12S. The molecule has 6 heterocycles.